The minimum Gasteiger partial charge on any atom is -0.423 e. The molecule has 2 radical (unpaired) electrons. The normalized spacial score (nSPS) is 35.0. The van der Waals surface area contributed by atoms with Crippen LogP contribution in [0.3, 0.4) is 0 Å². The summed E-state index contributed by atoms with van der Waals surface area (Å²) in [4.78, 5) is 12.3. The predicted molar refractivity (Wildman–Crippen MR) is 117 cm³/mol. The lowest BCUT2D eigenvalue weighted by atomic mass is 9.63. The van der Waals surface area contributed by atoms with Crippen molar-refractivity contribution in [2.45, 2.75) is 64.8 Å². The number of epoxide rings is 1. The second-order valence-electron chi connectivity index (χ2n) is 9.23. The molecule has 0 spiro atoms. The fraction of sp³-hybridized carbons (Fsp3) is 0.423. The molecule has 1 N–H and O–H groups in total. The van der Waals surface area contributed by atoms with Gasteiger partial charge in [0.25, 0.3) is 0 Å². The fourth-order valence-electron chi connectivity index (χ4n) is 4.61. The third-order valence-electron chi connectivity index (χ3n) is 6.18. The SMILES string of the molecule is [C]=C/C(C)=C/C=C/C=C(C)/C=C1C=C(/C=C/[C@@]23O[C@]2(C)C[C@@H](O)CC3(C)C)C(=O)O/1. The molecule has 0 aromatic heterocycles. The van der Waals surface area contributed by atoms with E-state index in [0.29, 0.717) is 24.2 Å². The Kier molecular flexibility index (Phi) is 5.94. The van der Waals surface area contributed by atoms with E-state index < -0.39 is 11.2 Å². The van der Waals surface area contributed by atoms with Crippen molar-refractivity contribution in [1.29, 1.82) is 0 Å². The Bertz CT molecular complexity index is 925. The monoisotopic (exact) mass is 406 g/mol. The molecule has 3 atom stereocenters. The van der Waals surface area contributed by atoms with Gasteiger partial charge in [0.2, 0.25) is 0 Å². The Labute approximate surface area is 179 Å². The summed E-state index contributed by atoms with van der Waals surface area (Å²) in [6, 6.07) is 0. The maximum Gasteiger partial charge on any atom is 0.343 e. The summed E-state index contributed by atoms with van der Waals surface area (Å²) < 4.78 is 11.5. The molecule has 4 heteroatoms. The molecule has 0 aromatic carbocycles. The van der Waals surface area contributed by atoms with Crippen LogP contribution in [0.5, 0.6) is 0 Å². The van der Waals surface area contributed by atoms with Crippen molar-refractivity contribution in [3.8, 4) is 0 Å². The Morgan fingerprint density at radius 3 is 2.47 bits per heavy atom. The van der Waals surface area contributed by atoms with Crippen LogP contribution in [0.1, 0.15) is 47.5 Å². The summed E-state index contributed by atoms with van der Waals surface area (Å²) in [5.41, 5.74) is 1.19. The number of hydrogen-bond acceptors (Lipinski definition) is 4. The lowest BCUT2D eigenvalue weighted by Gasteiger charge is -2.39. The highest BCUT2D eigenvalue weighted by Crippen LogP contribution is 2.66. The van der Waals surface area contributed by atoms with Gasteiger partial charge in [0, 0.05) is 11.8 Å². The molecule has 1 saturated heterocycles. The van der Waals surface area contributed by atoms with E-state index >= 15 is 0 Å². The highest BCUT2D eigenvalue weighted by atomic mass is 16.6. The number of fused-ring (bicyclic) bond motifs is 1. The summed E-state index contributed by atoms with van der Waals surface area (Å²) in [5, 5.41) is 10.2. The summed E-state index contributed by atoms with van der Waals surface area (Å²) in [7, 11) is 0. The Hall–Kier alpha value is -2.43. The average molecular weight is 407 g/mol. The van der Waals surface area contributed by atoms with Crippen LogP contribution in [0.2, 0.25) is 0 Å². The Morgan fingerprint density at radius 1 is 1.17 bits per heavy atom. The molecule has 0 unspecified atom stereocenters. The molecule has 2 aliphatic heterocycles. The van der Waals surface area contributed by atoms with Crippen molar-refractivity contribution in [2.24, 2.45) is 5.41 Å². The van der Waals surface area contributed by atoms with Gasteiger partial charge < -0.3 is 14.6 Å². The van der Waals surface area contributed by atoms with Gasteiger partial charge in [0.05, 0.1) is 11.7 Å². The van der Waals surface area contributed by atoms with Crippen molar-refractivity contribution in [3.63, 3.8) is 0 Å². The van der Waals surface area contributed by atoms with E-state index in [2.05, 4.69) is 13.8 Å². The van der Waals surface area contributed by atoms with Crippen LogP contribution in [0, 0.1) is 12.0 Å². The largest absolute Gasteiger partial charge is 0.423 e. The molecular weight excluding hydrogens is 376 g/mol. The third-order valence-corrected chi connectivity index (χ3v) is 6.18. The zero-order valence-corrected chi connectivity index (χ0v) is 18.4. The minimum atomic E-state index is -0.477. The van der Waals surface area contributed by atoms with E-state index in [1.807, 2.05) is 57.2 Å². The van der Waals surface area contributed by atoms with Crippen LogP contribution in [-0.2, 0) is 14.3 Å². The zero-order valence-electron chi connectivity index (χ0n) is 18.4. The number of rotatable bonds is 6. The van der Waals surface area contributed by atoms with Crippen LogP contribution < -0.4 is 0 Å². The van der Waals surface area contributed by atoms with Gasteiger partial charge in [-0.25, -0.2) is 4.79 Å². The molecule has 2 heterocycles. The van der Waals surface area contributed by atoms with E-state index in [0.717, 1.165) is 11.1 Å². The highest BCUT2D eigenvalue weighted by Gasteiger charge is 2.74. The Balaban J connectivity index is 1.74. The number of aliphatic hydroxyl groups is 1. The Morgan fingerprint density at radius 2 is 1.83 bits per heavy atom. The molecule has 1 aliphatic carbocycles. The number of carbonyl (C=O) groups excluding carboxylic acids is 1. The van der Waals surface area contributed by atoms with Gasteiger partial charge in [-0.2, -0.15) is 0 Å². The van der Waals surface area contributed by atoms with Gasteiger partial charge >= 0.3 is 5.97 Å². The first-order valence-corrected chi connectivity index (χ1v) is 10.3. The number of aliphatic hydroxyl groups excluding tert-OH is 1. The second kappa shape index (κ2) is 8.01. The molecular formula is C26H30O4. The molecule has 3 aliphatic rings. The number of ether oxygens (including phenoxy) is 2. The van der Waals surface area contributed by atoms with Gasteiger partial charge in [0.1, 0.15) is 17.0 Å². The van der Waals surface area contributed by atoms with E-state index in [1.54, 1.807) is 12.2 Å². The molecule has 4 nitrogen and oxygen atoms in total. The fourth-order valence-corrected chi connectivity index (χ4v) is 4.61. The van der Waals surface area contributed by atoms with Crippen LogP contribution in [0.25, 0.3) is 0 Å². The van der Waals surface area contributed by atoms with Crippen molar-refractivity contribution >= 4 is 5.97 Å². The van der Waals surface area contributed by atoms with E-state index in [-0.39, 0.29) is 17.5 Å². The van der Waals surface area contributed by atoms with Gasteiger partial charge in [-0.15, -0.1) is 0 Å². The van der Waals surface area contributed by atoms with Gasteiger partial charge in [-0.05, 0) is 63.6 Å². The zero-order chi connectivity index (χ0) is 22.2. The lowest BCUT2D eigenvalue weighted by Crippen LogP contribution is -2.46. The maximum atomic E-state index is 12.3. The molecule has 1 saturated carbocycles. The van der Waals surface area contributed by atoms with Gasteiger partial charge in [-0.1, -0.05) is 49.8 Å². The molecule has 0 bridgehead atoms. The van der Waals surface area contributed by atoms with Crippen LogP contribution in [-0.4, -0.2) is 28.4 Å². The smallest absolute Gasteiger partial charge is 0.343 e. The number of allylic oxidation sites excluding steroid dienone is 9. The lowest BCUT2D eigenvalue weighted by molar-refractivity contribution is -0.132. The number of hydrogen-bond donors (Lipinski definition) is 1. The van der Waals surface area contributed by atoms with Crippen molar-refractivity contribution in [3.05, 3.63) is 83.7 Å². The molecule has 158 valence electrons. The van der Waals surface area contributed by atoms with Gasteiger partial charge in [-0.3, -0.25) is 0 Å². The third kappa shape index (κ3) is 4.21. The quantitative estimate of drug-likeness (QED) is 0.386. The van der Waals surface area contributed by atoms with Crippen molar-refractivity contribution in [2.75, 3.05) is 0 Å². The highest BCUT2D eigenvalue weighted by molar-refractivity contribution is 5.95. The van der Waals surface area contributed by atoms with Crippen molar-refractivity contribution in [1.82, 2.24) is 0 Å². The first-order valence-electron chi connectivity index (χ1n) is 10.3. The molecule has 3 rings (SSSR count). The standard InChI is InChI=1S/C26H30O4/c1-7-18(2)10-8-9-11-19(3)14-22-15-20(23(28)29-22)12-13-26-24(4,5)16-21(27)17-25(26,6)30-26/h7-15,21,27H,16-17H2,2-6H3/b9-8+,13-12+,18-10+,19-11+,22-14-/t21-,25+,26-/m0/s1. The van der Waals surface area contributed by atoms with E-state index in [9.17, 15) is 9.90 Å². The topological polar surface area (TPSA) is 59.1 Å². The first kappa shape index (κ1) is 22.3. The molecule has 0 amide bonds. The summed E-state index contributed by atoms with van der Waals surface area (Å²) in [6.07, 6.45) is 17.0. The number of carbonyl (C=O) groups is 1. The molecule has 30 heavy (non-hydrogen) atoms. The summed E-state index contributed by atoms with van der Waals surface area (Å²) in [6.45, 7) is 17.1. The summed E-state index contributed by atoms with van der Waals surface area (Å²) in [5.74, 6) is 0.126. The van der Waals surface area contributed by atoms with E-state index in [4.69, 9.17) is 16.1 Å². The molecule has 2 fully saturated rings. The maximum absolute atomic E-state index is 12.3. The number of esters is 1. The number of cyclic esters (lactones) is 1. The summed E-state index contributed by atoms with van der Waals surface area (Å²) >= 11 is 0. The predicted octanol–water partition coefficient (Wildman–Crippen LogP) is 4.93. The van der Waals surface area contributed by atoms with Gasteiger partial charge in [0.15, 0.2) is 0 Å². The van der Waals surface area contributed by atoms with Crippen molar-refractivity contribution < 1.29 is 19.4 Å². The van der Waals surface area contributed by atoms with Crippen LogP contribution in [0.4, 0.5) is 0 Å². The van der Waals surface area contributed by atoms with Crippen LogP contribution >= 0.6 is 0 Å². The molecule has 0 aromatic rings. The average Bonchev–Trinajstić information content (AvgIpc) is 3.12. The first-order chi connectivity index (χ1) is 14.0. The van der Waals surface area contributed by atoms with E-state index in [1.165, 1.54) is 6.08 Å². The second-order valence-corrected chi connectivity index (χ2v) is 9.23. The minimum absolute atomic E-state index is 0.228. The van der Waals surface area contributed by atoms with Crippen LogP contribution in [0.15, 0.2) is 77.2 Å².